The van der Waals surface area contributed by atoms with Gasteiger partial charge in [-0.25, -0.2) is 0 Å². The molecule has 0 heterocycles. The molecule has 0 atom stereocenters. The predicted molar refractivity (Wildman–Crippen MR) is 91.8 cm³/mol. The monoisotopic (exact) mass is 346 g/mol. The predicted octanol–water partition coefficient (Wildman–Crippen LogP) is 4.72. The van der Waals surface area contributed by atoms with Gasteiger partial charge >= 0.3 is 0 Å². The van der Waals surface area contributed by atoms with Crippen molar-refractivity contribution in [2.75, 3.05) is 11.1 Å². The molecular formula is C17H19BrN2O. The fourth-order valence-corrected chi connectivity index (χ4v) is 2.46. The van der Waals surface area contributed by atoms with Crippen molar-refractivity contribution >= 4 is 33.2 Å². The summed E-state index contributed by atoms with van der Waals surface area (Å²) < 4.78 is 0.790. The standard InChI is InChI=1S/C17H19BrN2O/c1-10(2)13-6-4-5-11(3)16(13)20-17(21)12-7-8-14(18)15(19)9-12/h4-10H,19H2,1-3H3,(H,20,21). The first-order valence-electron chi connectivity index (χ1n) is 6.86. The highest BCUT2D eigenvalue weighted by molar-refractivity contribution is 9.10. The number of amides is 1. The van der Waals surface area contributed by atoms with Gasteiger partial charge in [0.1, 0.15) is 0 Å². The number of halogens is 1. The first-order chi connectivity index (χ1) is 9.90. The second-order valence-electron chi connectivity index (χ2n) is 5.38. The summed E-state index contributed by atoms with van der Waals surface area (Å²) in [5, 5.41) is 3.01. The number of aryl methyl sites for hydroxylation is 1. The Bertz CT molecular complexity index is 680. The number of para-hydroxylation sites is 1. The van der Waals surface area contributed by atoms with Crippen LogP contribution in [-0.2, 0) is 0 Å². The molecular weight excluding hydrogens is 328 g/mol. The Kier molecular flexibility index (Phi) is 4.68. The molecule has 2 aromatic rings. The van der Waals surface area contributed by atoms with Gasteiger partial charge in [0.15, 0.2) is 0 Å². The zero-order valence-corrected chi connectivity index (χ0v) is 14.0. The molecule has 0 unspecified atom stereocenters. The fourth-order valence-electron chi connectivity index (χ4n) is 2.21. The molecule has 0 saturated carbocycles. The number of carbonyl (C=O) groups excluding carboxylic acids is 1. The Labute approximate surface area is 133 Å². The number of benzene rings is 2. The number of nitrogens with one attached hydrogen (secondary N) is 1. The van der Waals surface area contributed by atoms with Crippen molar-refractivity contribution in [1.82, 2.24) is 0 Å². The topological polar surface area (TPSA) is 55.1 Å². The number of anilines is 2. The van der Waals surface area contributed by atoms with Crippen LogP contribution in [0.4, 0.5) is 11.4 Å². The van der Waals surface area contributed by atoms with Crippen molar-refractivity contribution in [2.45, 2.75) is 26.7 Å². The van der Waals surface area contributed by atoms with Crippen LogP contribution >= 0.6 is 15.9 Å². The maximum Gasteiger partial charge on any atom is 0.255 e. The van der Waals surface area contributed by atoms with Gasteiger partial charge in [0.2, 0.25) is 0 Å². The minimum atomic E-state index is -0.148. The minimum absolute atomic E-state index is 0.148. The van der Waals surface area contributed by atoms with Crippen LogP contribution in [-0.4, -0.2) is 5.91 Å². The smallest absolute Gasteiger partial charge is 0.255 e. The number of hydrogen-bond acceptors (Lipinski definition) is 2. The largest absolute Gasteiger partial charge is 0.398 e. The average Bonchev–Trinajstić information content (AvgIpc) is 2.43. The Morgan fingerprint density at radius 1 is 1.24 bits per heavy atom. The summed E-state index contributed by atoms with van der Waals surface area (Å²) in [5.41, 5.74) is 10.0. The van der Waals surface area contributed by atoms with Crippen molar-refractivity contribution in [3.63, 3.8) is 0 Å². The van der Waals surface area contributed by atoms with Crippen LogP contribution in [0, 0.1) is 6.92 Å². The molecule has 4 heteroatoms. The van der Waals surface area contributed by atoms with Gasteiger partial charge in [-0.15, -0.1) is 0 Å². The van der Waals surface area contributed by atoms with E-state index in [1.165, 1.54) is 0 Å². The minimum Gasteiger partial charge on any atom is -0.398 e. The molecule has 0 fully saturated rings. The van der Waals surface area contributed by atoms with E-state index >= 15 is 0 Å². The number of carbonyl (C=O) groups is 1. The van der Waals surface area contributed by atoms with Crippen molar-refractivity contribution in [1.29, 1.82) is 0 Å². The van der Waals surface area contributed by atoms with Gasteiger partial charge in [-0.05, 0) is 58.1 Å². The highest BCUT2D eigenvalue weighted by Gasteiger charge is 2.13. The van der Waals surface area contributed by atoms with Crippen LogP contribution in [0.1, 0.15) is 41.3 Å². The van der Waals surface area contributed by atoms with Gasteiger partial charge in [-0.3, -0.25) is 4.79 Å². The molecule has 1 amide bonds. The lowest BCUT2D eigenvalue weighted by molar-refractivity contribution is 0.102. The van der Waals surface area contributed by atoms with E-state index < -0.39 is 0 Å². The molecule has 2 aromatic carbocycles. The molecule has 3 nitrogen and oxygen atoms in total. The van der Waals surface area contributed by atoms with Gasteiger partial charge in [0.05, 0.1) is 0 Å². The molecule has 3 N–H and O–H groups in total. The number of nitrogen functional groups attached to an aromatic ring is 1. The summed E-state index contributed by atoms with van der Waals surface area (Å²) in [5.74, 6) is 0.195. The molecule has 0 aliphatic carbocycles. The van der Waals surface area contributed by atoms with Gasteiger partial charge in [0.25, 0.3) is 5.91 Å². The Morgan fingerprint density at radius 2 is 1.95 bits per heavy atom. The van der Waals surface area contributed by atoms with Gasteiger partial charge in [0, 0.05) is 21.4 Å². The Morgan fingerprint density at radius 3 is 2.57 bits per heavy atom. The zero-order valence-electron chi connectivity index (χ0n) is 12.4. The lowest BCUT2D eigenvalue weighted by atomic mass is 9.98. The maximum absolute atomic E-state index is 12.4. The molecule has 0 aliphatic rings. The molecule has 0 aliphatic heterocycles. The van der Waals surface area contributed by atoms with E-state index in [0.717, 1.165) is 21.3 Å². The molecule has 0 radical (unpaired) electrons. The van der Waals surface area contributed by atoms with Gasteiger partial charge in [-0.1, -0.05) is 32.0 Å². The van der Waals surface area contributed by atoms with Crippen LogP contribution in [0.2, 0.25) is 0 Å². The van der Waals surface area contributed by atoms with Crippen LogP contribution < -0.4 is 11.1 Å². The lowest BCUT2D eigenvalue weighted by Crippen LogP contribution is -2.15. The third-order valence-corrected chi connectivity index (χ3v) is 4.15. The van der Waals surface area contributed by atoms with E-state index in [0.29, 0.717) is 17.2 Å². The van der Waals surface area contributed by atoms with E-state index in [2.05, 4.69) is 35.1 Å². The van der Waals surface area contributed by atoms with E-state index in [4.69, 9.17) is 5.73 Å². The average molecular weight is 347 g/mol. The second kappa shape index (κ2) is 6.31. The first-order valence-corrected chi connectivity index (χ1v) is 7.65. The normalized spacial score (nSPS) is 10.7. The van der Waals surface area contributed by atoms with Crippen LogP contribution in [0.3, 0.4) is 0 Å². The second-order valence-corrected chi connectivity index (χ2v) is 6.24. The summed E-state index contributed by atoms with van der Waals surface area (Å²) in [6.07, 6.45) is 0. The molecule has 0 saturated heterocycles. The summed E-state index contributed by atoms with van der Waals surface area (Å²) >= 11 is 3.33. The summed E-state index contributed by atoms with van der Waals surface area (Å²) in [6.45, 7) is 6.22. The quantitative estimate of drug-likeness (QED) is 0.790. The highest BCUT2D eigenvalue weighted by atomic mass is 79.9. The van der Waals surface area contributed by atoms with Crippen LogP contribution in [0.15, 0.2) is 40.9 Å². The Balaban J connectivity index is 2.33. The Hall–Kier alpha value is -1.81. The summed E-state index contributed by atoms with van der Waals surface area (Å²) in [6, 6.07) is 11.3. The van der Waals surface area contributed by atoms with Gasteiger partial charge in [-0.2, -0.15) is 0 Å². The van der Waals surface area contributed by atoms with Crippen molar-refractivity contribution in [2.24, 2.45) is 0 Å². The molecule has 21 heavy (non-hydrogen) atoms. The highest BCUT2D eigenvalue weighted by Crippen LogP contribution is 2.28. The summed E-state index contributed by atoms with van der Waals surface area (Å²) in [7, 11) is 0. The first kappa shape index (κ1) is 15.6. The maximum atomic E-state index is 12.4. The van der Waals surface area contributed by atoms with Crippen molar-refractivity contribution in [3.8, 4) is 0 Å². The lowest BCUT2D eigenvalue weighted by Gasteiger charge is -2.16. The van der Waals surface area contributed by atoms with E-state index in [1.807, 2.05) is 25.1 Å². The SMILES string of the molecule is Cc1cccc(C(C)C)c1NC(=O)c1ccc(Br)c(N)c1. The van der Waals surface area contributed by atoms with Crippen molar-refractivity contribution < 1.29 is 4.79 Å². The number of hydrogen-bond donors (Lipinski definition) is 2. The van der Waals surface area contributed by atoms with Crippen LogP contribution in [0.5, 0.6) is 0 Å². The zero-order chi connectivity index (χ0) is 15.6. The van der Waals surface area contributed by atoms with Gasteiger partial charge < -0.3 is 11.1 Å². The molecule has 0 aromatic heterocycles. The third kappa shape index (κ3) is 3.45. The fraction of sp³-hybridized carbons (Fsp3) is 0.235. The third-order valence-electron chi connectivity index (χ3n) is 3.42. The van der Waals surface area contributed by atoms with Crippen molar-refractivity contribution in [3.05, 3.63) is 57.6 Å². The van der Waals surface area contributed by atoms with E-state index in [1.54, 1.807) is 18.2 Å². The summed E-state index contributed by atoms with van der Waals surface area (Å²) in [4.78, 5) is 12.4. The number of rotatable bonds is 3. The molecule has 110 valence electrons. The molecule has 2 rings (SSSR count). The molecule has 0 spiro atoms. The molecule has 0 bridgehead atoms. The van der Waals surface area contributed by atoms with E-state index in [-0.39, 0.29) is 5.91 Å². The van der Waals surface area contributed by atoms with E-state index in [9.17, 15) is 4.79 Å². The number of nitrogens with two attached hydrogens (primary N) is 1. The van der Waals surface area contributed by atoms with Crippen LogP contribution in [0.25, 0.3) is 0 Å².